The number of amides is 1. The molecule has 0 unspecified atom stereocenters. The van der Waals surface area contributed by atoms with Gasteiger partial charge in [-0.2, -0.15) is 0 Å². The Morgan fingerprint density at radius 1 is 1.32 bits per heavy atom. The number of carboxylic acid groups (broad SMARTS) is 1. The van der Waals surface area contributed by atoms with Crippen LogP contribution in [0.2, 0.25) is 0 Å². The molecule has 3 N–H and O–H groups in total. The van der Waals surface area contributed by atoms with Gasteiger partial charge in [-0.15, -0.1) is 0 Å². The van der Waals surface area contributed by atoms with Crippen LogP contribution in [0.1, 0.15) is 26.5 Å². The summed E-state index contributed by atoms with van der Waals surface area (Å²) < 4.78 is 13.4. The molecule has 1 amide bonds. The summed E-state index contributed by atoms with van der Waals surface area (Å²) in [5.74, 6) is -2.55. The van der Waals surface area contributed by atoms with Gasteiger partial charge in [-0.05, 0) is 25.1 Å². The van der Waals surface area contributed by atoms with E-state index < -0.39 is 17.7 Å². The smallest absolute Gasteiger partial charge is 0.354 e. The van der Waals surface area contributed by atoms with E-state index >= 15 is 0 Å². The lowest BCUT2D eigenvalue weighted by Crippen LogP contribution is -2.15. The average molecular weight is 262 g/mol. The molecule has 0 fully saturated rings. The fraction of sp³-hybridized carbons (Fsp3) is 0.0769. The SMILES string of the molecule is Cc1cc(NC(=O)c2ccccc2F)c(C(=O)O)[nH]1. The fourth-order valence-electron chi connectivity index (χ4n) is 1.69. The van der Waals surface area contributed by atoms with Gasteiger partial charge in [-0.25, -0.2) is 9.18 Å². The van der Waals surface area contributed by atoms with Crippen LogP contribution in [0.5, 0.6) is 0 Å². The first kappa shape index (κ1) is 12.8. The standard InChI is InChI=1S/C13H11FN2O3/c1-7-6-10(11(15-7)13(18)19)16-12(17)8-4-2-3-5-9(8)14/h2-6,15H,1H3,(H,16,17)(H,18,19). The number of anilines is 1. The topological polar surface area (TPSA) is 82.2 Å². The van der Waals surface area contributed by atoms with Crippen molar-refractivity contribution >= 4 is 17.6 Å². The molecule has 1 heterocycles. The summed E-state index contributed by atoms with van der Waals surface area (Å²) in [5, 5.41) is 11.3. The van der Waals surface area contributed by atoms with E-state index in [0.29, 0.717) is 5.69 Å². The van der Waals surface area contributed by atoms with Crippen LogP contribution in [-0.2, 0) is 0 Å². The van der Waals surface area contributed by atoms with Gasteiger partial charge in [0.05, 0.1) is 11.3 Å². The number of aryl methyl sites for hydroxylation is 1. The molecule has 0 bridgehead atoms. The second-order valence-electron chi connectivity index (χ2n) is 3.98. The lowest BCUT2D eigenvalue weighted by molar-refractivity contribution is 0.0692. The molecule has 1 aromatic heterocycles. The highest BCUT2D eigenvalue weighted by Crippen LogP contribution is 2.18. The zero-order valence-electron chi connectivity index (χ0n) is 10.0. The van der Waals surface area contributed by atoms with Crippen LogP contribution in [0, 0.1) is 12.7 Å². The number of rotatable bonds is 3. The second-order valence-corrected chi connectivity index (χ2v) is 3.98. The van der Waals surface area contributed by atoms with Crippen molar-refractivity contribution in [1.29, 1.82) is 0 Å². The molecule has 98 valence electrons. The van der Waals surface area contributed by atoms with Gasteiger partial charge in [0.25, 0.3) is 5.91 Å². The van der Waals surface area contributed by atoms with Gasteiger partial charge in [0.15, 0.2) is 0 Å². The number of carboxylic acids is 1. The van der Waals surface area contributed by atoms with Crippen molar-refractivity contribution < 1.29 is 19.1 Å². The van der Waals surface area contributed by atoms with E-state index in [2.05, 4.69) is 10.3 Å². The highest BCUT2D eigenvalue weighted by Gasteiger charge is 2.17. The van der Waals surface area contributed by atoms with E-state index in [-0.39, 0.29) is 16.9 Å². The summed E-state index contributed by atoms with van der Waals surface area (Å²) in [6.45, 7) is 1.66. The lowest BCUT2D eigenvalue weighted by Gasteiger charge is -2.05. The Hall–Kier alpha value is -2.63. The van der Waals surface area contributed by atoms with E-state index in [9.17, 15) is 14.0 Å². The monoisotopic (exact) mass is 262 g/mol. The number of aromatic nitrogens is 1. The minimum absolute atomic E-state index is 0.109. The first-order chi connectivity index (χ1) is 8.99. The maximum Gasteiger partial charge on any atom is 0.354 e. The third kappa shape index (κ3) is 2.62. The molecule has 0 radical (unpaired) electrons. The first-order valence-electron chi connectivity index (χ1n) is 5.48. The Kier molecular flexibility index (Phi) is 3.33. The summed E-state index contributed by atoms with van der Waals surface area (Å²) in [6, 6.07) is 6.95. The number of benzene rings is 1. The number of nitrogens with one attached hydrogen (secondary N) is 2. The molecule has 0 spiro atoms. The zero-order valence-corrected chi connectivity index (χ0v) is 10.0. The molecule has 0 aliphatic carbocycles. The predicted molar refractivity (Wildman–Crippen MR) is 66.8 cm³/mol. The molecule has 5 nitrogen and oxygen atoms in total. The van der Waals surface area contributed by atoms with Crippen molar-refractivity contribution in [3.05, 3.63) is 53.1 Å². The van der Waals surface area contributed by atoms with E-state index in [1.165, 1.54) is 24.3 Å². The predicted octanol–water partition coefficient (Wildman–Crippen LogP) is 2.41. The van der Waals surface area contributed by atoms with Crippen molar-refractivity contribution in [3.63, 3.8) is 0 Å². The molecule has 1 aromatic carbocycles. The number of carbonyl (C=O) groups excluding carboxylic acids is 1. The third-order valence-electron chi connectivity index (χ3n) is 2.53. The van der Waals surface area contributed by atoms with Gasteiger partial charge in [0, 0.05) is 5.69 Å². The van der Waals surface area contributed by atoms with Gasteiger partial charge >= 0.3 is 5.97 Å². The van der Waals surface area contributed by atoms with Gasteiger partial charge in [0.1, 0.15) is 11.5 Å². The Morgan fingerprint density at radius 2 is 2.00 bits per heavy atom. The van der Waals surface area contributed by atoms with E-state index in [1.807, 2.05) is 0 Å². The number of hydrogen-bond acceptors (Lipinski definition) is 2. The van der Waals surface area contributed by atoms with Crippen molar-refractivity contribution in [2.45, 2.75) is 6.92 Å². The minimum Gasteiger partial charge on any atom is -0.477 e. The van der Waals surface area contributed by atoms with Gasteiger partial charge in [-0.3, -0.25) is 4.79 Å². The minimum atomic E-state index is -1.20. The van der Waals surface area contributed by atoms with Gasteiger partial charge in [-0.1, -0.05) is 12.1 Å². The van der Waals surface area contributed by atoms with Crippen molar-refractivity contribution in [3.8, 4) is 0 Å². The maximum atomic E-state index is 13.4. The number of halogens is 1. The highest BCUT2D eigenvalue weighted by atomic mass is 19.1. The quantitative estimate of drug-likeness (QED) is 0.794. The van der Waals surface area contributed by atoms with E-state index in [1.54, 1.807) is 6.92 Å². The van der Waals surface area contributed by atoms with Crippen LogP contribution < -0.4 is 5.32 Å². The number of H-pyrrole nitrogens is 1. The lowest BCUT2D eigenvalue weighted by atomic mass is 10.2. The number of hydrogen-bond donors (Lipinski definition) is 3. The summed E-state index contributed by atoms with van der Waals surface area (Å²) in [4.78, 5) is 25.4. The van der Waals surface area contributed by atoms with Gasteiger partial charge in [0.2, 0.25) is 0 Å². The third-order valence-corrected chi connectivity index (χ3v) is 2.53. The molecule has 0 aliphatic rings. The summed E-state index contributed by atoms with van der Waals surface area (Å²) in [7, 11) is 0. The summed E-state index contributed by atoms with van der Waals surface area (Å²) in [5.41, 5.74) is 0.416. The van der Waals surface area contributed by atoms with Crippen molar-refractivity contribution in [2.75, 3.05) is 5.32 Å². The second kappa shape index (κ2) is 4.93. The number of carbonyl (C=O) groups is 2. The highest BCUT2D eigenvalue weighted by molar-refractivity contribution is 6.07. The van der Waals surface area contributed by atoms with Crippen LogP contribution in [-0.4, -0.2) is 22.0 Å². The van der Waals surface area contributed by atoms with E-state index in [4.69, 9.17) is 5.11 Å². The molecule has 19 heavy (non-hydrogen) atoms. The Labute approximate surface area is 108 Å². The van der Waals surface area contributed by atoms with Crippen molar-refractivity contribution in [2.24, 2.45) is 0 Å². The fourth-order valence-corrected chi connectivity index (χ4v) is 1.69. The molecule has 0 aliphatic heterocycles. The molecule has 0 saturated carbocycles. The van der Waals surface area contributed by atoms with Crippen LogP contribution in [0.4, 0.5) is 10.1 Å². The normalized spacial score (nSPS) is 10.2. The van der Waals surface area contributed by atoms with Crippen LogP contribution in [0.15, 0.2) is 30.3 Å². The maximum absolute atomic E-state index is 13.4. The number of aromatic amines is 1. The van der Waals surface area contributed by atoms with Crippen LogP contribution >= 0.6 is 0 Å². The van der Waals surface area contributed by atoms with Crippen molar-refractivity contribution in [1.82, 2.24) is 4.98 Å². The average Bonchev–Trinajstić information content (AvgIpc) is 2.70. The summed E-state index contributed by atoms with van der Waals surface area (Å²) >= 11 is 0. The zero-order chi connectivity index (χ0) is 14.0. The molecule has 2 rings (SSSR count). The number of aromatic carboxylic acids is 1. The molecular weight excluding hydrogens is 251 g/mol. The molecule has 6 heteroatoms. The Bertz CT molecular complexity index is 649. The van der Waals surface area contributed by atoms with E-state index in [0.717, 1.165) is 6.07 Å². The largest absolute Gasteiger partial charge is 0.477 e. The Balaban J connectivity index is 2.29. The summed E-state index contributed by atoms with van der Waals surface area (Å²) in [6.07, 6.45) is 0. The molecule has 0 saturated heterocycles. The van der Waals surface area contributed by atoms with Gasteiger partial charge < -0.3 is 15.4 Å². The Morgan fingerprint density at radius 3 is 2.63 bits per heavy atom. The van der Waals surface area contributed by atoms with Crippen LogP contribution in [0.3, 0.4) is 0 Å². The molecule has 0 atom stereocenters. The molecular formula is C13H11FN2O3. The van der Waals surface area contributed by atoms with Crippen LogP contribution in [0.25, 0.3) is 0 Å². The molecule has 2 aromatic rings. The first-order valence-corrected chi connectivity index (χ1v) is 5.48.